The number of nitrogens with one attached hydrogen (secondary N) is 1. The molecule has 0 amide bonds. The highest BCUT2D eigenvalue weighted by molar-refractivity contribution is 5.82. The first kappa shape index (κ1) is 18.2. The highest BCUT2D eigenvalue weighted by Crippen LogP contribution is 2.17. The van der Waals surface area contributed by atoms with Crippen LogP contribution < -0.4 is 10.1 Å². The minimum Gasteiger partial charge on any atom is -0.472 e. The van der Waals surface area contributed by atoms with Gasteiger partial charge in [0.05, 0.1) is 12.1 Å². The van der Waals surface area contributed by atoms with E-state index >= 15 is 0 Å². The summed E-state index contributed by atoms with van der Waals surface area (Å²) in [6, 6.07) is 16.1. The number of hydrogen-bond donors (Lipinski definition) is 1. The molecule has 0 spiro atoms. The fourth-order valence-corrected chi connectivity index (χ4v) is 3.61. The van der Waals surface area contributed by atoms with E-state index in [2.05, 4.69) is 49.4 Å². The van der Waals surface area contributed by atoms with Gasteiger partial charge in [0.1, 0.15) is 6.10 Å². The fraction of sp³-hybridized carbons (Fsp3) is 0.318. The number of aromatic nitrogens is 2. The van der Waals surface area contributed by atoms with Crippen LogP contribution in [0, 0.1) is 0 Å². The minimum atomic E-state index is 0.135. The third-order valence-electron chi connectivity index (χ3n) is 4.98. The van der Waals surface area contributed by atoms with Crippen molar-refractivity contribution in [3.8, 4) is 5.88 Å². The van der Waals surface area contributed by atoms with Gasteiger partial charge in [0.15, 0.2) is 5.96 Å². The lowest BCUT2D eigenvalue weighted by Gasteiger charge is -2.21. The van der Waals surface area contributed by atoms with Crippen LogP contribution in [0.15, 0.2) is 65.9 Å². The van der Waals surface area contributed by atoms with E-state index in [4.69, 9.17) is 4.74 Å². The van der Waals surface area contributed by atoms with Gasteiger partial charge in [0, 0.05) is 50.4 Å². The van der Waals surface area contributed by atoms with Crippen LogP contribution in [0.5, 0.6) is 5.88 Å². The second-order valence-electron chi connectivity index (χ2n) is 6.86. The molecule has 0 saturated carbocycles. The summed E-state index contributed by atoms with van der Waals surface area (Å²) in [6.07, 6.45) is 5.60. The monoisotopic (exact) mass is 375 g/mol. The predicted molar refractivity (Wildman–Crippen MR) is 112 cm³/mol. The van der Waals surface area contributed by atoms with Gasteiger partial charge in [0.2, 0.25) is 5.88 Å². The second kappa shape index (κ2) is 8.69. The highest BCUT2D eigenvalue weighted by atomic mass is 16.5. The molecule has 1 fully saturated rings. The van der Waals surface area contributed by atoms with Crippen molar-refractivity contribution in [2.75, 3.05) is 26.7 Å². The molecule has 28 heavy (non-hydrogen) atoms. The molecular formula is C22H25N5O. The number of guanidine groups is 1. The zero-order chi connectivity index (χ0) is 19.2. The Balaban J connectivity index is 1.31. The van der Waals surface area contributed by atoms with Crippen LogP contribution in [-0.2, 0) is 6.42 Å². The fourth-order valence-electron chi connectivity index (χ4n) is 3.61. The van der Waals surface area contributed by atoms with E-state index in [9.17, 15) is 0 Å². The van der Waals surface area contributed by atoms with Crippen molar-refractivity contribution in [3.63, 3.8) is 0 Å². The lowest BCUT2D eigenvalue weighted by atomic mass is 10.1. The number of para-hydroxylation sites is 1. The number of likely N-dealkylation sites (tertiary alicyclic amines) is 1. The summed E-state index contributed by atoms with van der Waals surface area (Å²) in [5.74, 6) is 1.60. The van der Waals surface area contributed by atoms with Gasteiger partial charge in [-0.05, 0) is 24.1 Å². The lowest BCUT2D eigenvalue weighted by molar-refractivity contribution is 0.205. The quantitative estimate of drug-likeness (QED) is 0.549. The Morgan fingerprint density at radius 1 is 1.14 bits per heavy atom. The maximum atomic E-state index is 5.98. The van der Waals surface area contributed by atoms with Crippen molar-refractivity contribution in [2.24, 2.45) is 4.99 Å². The average molecular weight is 375 g/mol. The molecule has 1 N–H and O–H groups in total. The van der Waals surface area contributed by atoms with E-state index in [0.717, 1.165) is 44.0 Å². The number of fused-ring (bicyclic) bond motifs is 1. The molecule has 1 atom stereocenters. The maximum Gasteiger partial charge on any atom is 0.213 e. The molecule has 144 valence electrons. The van der Waals surface area contributed by atoms with Crippen molar-refractivity contribution in [2.45, 2.75) is 18.9 Å². The molecule has 2 aromatic heterocycles. The Kier molecular flexibility index (Phi) is 5.66. The average Bonchev–Trinajstić information content (AvgIpc) is 3.20. The summed E-state index contributed by atoms with van der Waals surface area (Å²) in [6.45, 7) is 2.55. The van der Waals surface area contributed by atoms with Gasteiger partial charge >= 0.3 is 0 Å². The molecule has 0 aliphatic carbocycles. The Bertz CT molecular complexity index is 939. The molecule has 1 aliphatic rings. The summed E-state index contributed by atoms with van der Waals surface area (Å²) < 4.78 is 5.98. The van der Waals surface area contributed by atoms with E-state index in [1.807, 2.05) is 37.5 Å². The van der Waals surface area contributed by atoms with Crippen LogP contribution in [0.25, 0.3) is 10.9 Å². The zero-order valence-electron chi connectivity index (χ0n) is 16.1. The molecule has 1 aromatic carbocycles. The first-order valence-corrected chi connectivity index (χ1v) is 9.69. The molecule has 4 rings (SSSR count). The summed E-state index contributed by atoms with van der Waals surface area (Å²) in [5, 5.41) is 4.67. The second-order valence-corrected chi connectivity index (χ2v) is 6.86. The number of aliphatic imine (C=N–C) groups is 1. The normalized spacial score (nSPS) is 17.1. The lowest BCUT2D eigenvalue weighted by Crippen LogP contribution is -2.41. The maximum absolute atomic E-state index is 5.98. The Morgan fingerprint density at radius 2 is 2.04 bits per heavy atom. The van der Waals surface area contributed by atoms with Gasteiger partial charge in [-0.1, -0.05) is 30.3 Å². The number of nitrogens with zero attached hydrogens (tertiary/aromatic N) is 4. The van der Waals surface area contributed by atoms with Crippen molar-refractivity contribution in [1.29, 1.82) is 0 Å². The van der Waals surface area contributed by atoms with Gasteiger partial charge in [-0.15, -0.1) is 0 Å². The Hall–Kier alpha value is -3.15. The largest absolute Gasteiger partial charge is 0.472 e. The summed E-state index contributed by atoms with van der Waals surface area (Å²) in [5.41, 5.74) is 2.32. The van der Waals surface area contributed by atoms with E-state index in [1.54, 1.807) is 6.20 Å². The molecule has 6 heteroatoms. The van der Waals surface area contributed by atoms with E-state index in [0.29, 0.717) is 5.88 Å². The Morgan fingerprint density at radius 3 is 2.89 bits per heavy atom. The molecule has 1 unspecified atom stereocenters. The first-order chi connectivity index (χ1) is 13.8. The molecule has 6 nitrogen and oxygen atoms in total. The highest BCUT2D eigenvalue weighted by Gasteiger charge is 2.26. The van der Waals surface area contributed by atoms with E-state index < -0.39 is 0 Å². The molecule has 1 aliphatic heterocycles. The molecule has 3 aromatic rings. The number of pyridine rings is 2. The molecule has 3 heterocycles. The van der Waals surface area contributed by atoms with Crippen molar-refractivity contribution in [1.82, 2.24) is 20.2 Å². The van der Waals surface area contributed by atoms with Crippen LogP contribution in [0.3, 0.4) is 0 Å². The summed E-state index contributed by atoms with van der Waals surface area (Å²) in [7, 11) is 1.83. The van der Waals surface area contributed by atoms with Crippen molar-refractivity contribution in [3.05, 3.63) is 66.5 Å². The van der Waals surface area contributed by atoms with Crippen LogP contribution in [0.4, 0.5) is 0 Å². The molecule has 0 radical (unpaired) electrons. The third-order valence-corrected chi connectivity index (χ3v) is 4.98. The molecule has 0 bridgehead atoms. The first-order valence-electron chi connectivity index (χ1n) is 9.69. The van der Waals surface area contributed by atoms with Crippen molar-refractivity contribution < 1.29 is 4.74 Å². The Labute approximate surface area is 165 Å². The van der Waals surface area contributed by atoms with Crippen molar-refractivity contribution >= 4 is 16.9 Å². The SMILES string of the molecule is CN=C(NCCc1cccc2cccnc12)N1CCC(Oc2ccccn2)C1. The van der Waals surface area contributed by atoms with Crippen LogP contribution in [0.2, 0.25) is 0 Å². The number of hydrogen-bond acceptors (Lipinski definition) is 4. The van der Waals surface area contributed by atoms with Crippen LogP contribution >= 0.6 is 0 Å². The zero-order valence-corrected chi connectivity index (χ0v) is 16.1. The number of ether oxygens (including phenoxy) is 1. The minimum absolute atomic E-state index is 0.135. The van der Waals surface area contributed by atoms with E-state index in [1.165, 1.54) is 10.9 Å². The van der Waals surface area contributed by atoms with Gasteiger partial charge in [0.25, 0.3) is 0 Å². The standard InChI is InChI=1S/C22H25N5O/c1-23-22(27-15-11-19(16-27)28-20-9-2-3-12-24-20)26-14-10-18-7-4-6-17-8-5-13-25-21(17)18/h2-9,12-13,19H,10-11,14-16H2,1H3,(H,23,26). The van der Waals surface area contributed by atoms with E-state index in [-0.39, 0.29) is 6.10 Å². The summed E-state index contributed by atoms with van der Waals surface area (Å²) in [4.78, 5) is 15.5. The third kappa shape index (κ3) is 4.22. The molecule has 1 saturated heterocycles. The topological polar surface area (TPSA) is 62.6 Å². The van der Waals surface area contributed by atoms with Crippen LogP contribution in [0.1, 0.15) is 12.0 Å². The smallest absolute Gasteiger partial charge is 0.213 e. The predicted octanol–water partition coefficient (Wildman–Crippen LogP) is 2.90. The van der Waals surface area contributed by atoms with Gasteiger partial charge in [-0.2, -0.15) is 0 Å². The number of rotatable bonds is 5. The summed E-state index contributed by atoms with van der Waals surface area (Å²) >= 11 is 0. The molecular weight excluding hydrogens is 350 g/mol. The van der Waals surface area contributed by atoms with Gasteiger partial charge in [-0.25, -0.2) is 4.98 Å². The van der Waals surface area contributed by atoms with Gasteiger partial charge < -0.3 is 15.0 Å². The van der Waals surface area contributed by atoms with Gasteiger partial charge in [-0.3, -0.25) is 9.98 Å². The number of benzene rings is 1. The van der Waals surface area contributed by atoms with Crippen LogP contribution in [-0.4, -0.2) is 53.6 Å².